The number of hydrogen-bond donors (Lipinski definition) is 1. The third kappa shape index (κ3) is 3.85. The smallest absolute Gasteiger partial charge is 0.338 e. The second kappa shape index (κ2) is 7.17. The number of carbonyl (C=O) groups is 2. The third-order valence-electron chi connectivity index (χ3n) is 4.01. The van der Waals surface area contributed by atoms with Crippen molar-refractivity contribution in [3.63, 3.8) is 0 Å². The summed E-state index contributed by atoms with van der Waals surface area (Å²) in [7, 11) is 1.92. The van der Waals surface area contributed by atoms with Crippen LogP contribution in [-0.2, 0) is 23.1 Å². The summed E-state index contributed by atoms with van der Waals surface area (Å²) in [4.78, 5) is 28.3. The van der Waals surface area contributed by atoms with Gasteiger partial charge in [-0.15, -0.1) is 0 Å². The summed E-state index contributed by atoms with van der Waals surface area (Å²) in [5.41, 5.74) is 3.03. The zero-order valence-corrected chi connectivity index (χ0v) is 14.2. The summed E-state index contributed by atoms with van der Waals surface area (Å²) in [6, 6.07) is 14.7. The largest absolute Gasteiger partial charge is 0.452 e. The minimum Gasteiger partial charge on any atom is -0.452 e. The molecule has 128 valence electrons. The highest BCUT2D eigenvalue weighted by atomic mass is 16.5. The molecule has 1 amide bonds. The van der Waals surface area contributed by atoms with Crippen LogP contribution in [0.3, 0.4) is 0 Å². The molecule has 1 aromatic heterocycles. The number of esters is 1. The van der Waals surface area contributed by atoms with E-state index in [2.05, 4.69) is 10.3 Å². The van der Waals surface area contributed by atoms with Crippen LogP contribution in [0.25, 0.3) is 11.0 Å². The molecule has 0 saturated heterocycles. The number of imidazole rings is 1. The van der Waals surface area contributed by atoms with Crippen LogP contribution >= 0.6 is 0 Å². The number of benzene rings is 2. The summed E-state index contributed by atoms with van der Waals surface area (Å²) in [6.07, 6.45) is 0. The maximum absolute atomic E-state index is 12.1. The van der Waals surface area contributed by atoms with Gasteiger partial charge in [0.15, 0.2) is 6.61 Å². The van der Waals surface area contributed by atoms with E-state index in [0.717, 1.165) is 22.4 Å². The SMILES string of the molecule is Cc1nc2cc(C(=O)OCC(=O)NCc3ccccc3)ccc2n1C. The molecule has 0 bridgehead atoms. The van der Waals surface area contributed by atoms with Crippen molar-refractivity contribution in [2.24, 2.45) is 7.05 Å². The zero-order chi connectivity index (χ0) is 17.8. The molecule has 0 aliphatic carbocycles. The molecular weight excluding hydrogens is 318 g/mol. The molecule has 6 heteroatoms. The fourth-order valence-electron chi connectivity index (χ4n) is 2.51. The second-order valence-corrected chi connectivity index (χ2v) is 5.76. The molecule has 0 unspecified atom stereocenters. The molecule has 3 rings (SSSR count). The highest BCUT2D eigenvalue weighted by Gasteiger charge is 2.13. The van der Waals surface area contributed by atoms with Crippen LogP contribution in [0, 0.1) is 6.92 Å². The Balaban J connectivity index is 1.56. The molecule has 0 atom stereocenters. The maximum Gasteiger partial charge on any atom is 0.338 e. The minimum absolute atomic E-state index is 0.315. The van der Waals surface area contributed by atoms with Crippen LogP contribution in [0.15, 0.2) is 48.5 Å². The Labute approximate surface area is 145 Å². The van der Waals surface area contributed by atoms with Crippen LogP contribution in [0.2, 0.25) is 0 Å². The van der Waals surface area contributed by atoms with Gasteiger partial charge < -0.3 is 14.6 Å². The summed E-state index contributed by atoms with van der Waals surface area (Å²) >= 11 is 0. The monoisotopic (exact) mass is 337 g/mol. The molecule has 0 spiro atoms. The number of carbonyl (C=O) groups excluding carboxylic acids is 2. The van der Waals surface area contributed by atoms with Crippen molar-refractivity contribution >= 4 is 22.9 Å². The van der Waals surface area contributed by atoms with E-state index in [4.69, 9.17) is 4.74 Å². The molecule has 0 aliphatic rings. The topological polar surface area (TPSA) is 73.2 Å². The molecule has 1 N–H and O–H groups in total. The first-order valence-corrected chi connectivity index (χ1v) is 7.95. The van der Waals surface area contributed by atoms with Gasteiger partial charge in [0.25, 0.3) is 5.91 Å². The molecule has 0 saturated carbocycles. The summed E-state index contributed by atoms with van der Waals surface area (Å²) in [6.45, 7) is 1.98. The fourth-order valence-corrected chi connectivity index (χ4v) is 2.51. The van der Waals surface area contributed by atoms with Gasteiger partial charge >= 0.3 is 5.97 Å². The normalized spacial score (nSPS) is 10.6. The van der Waals surface area contributed by atoms with Gasteiger partial charge in [-0.25, -0.2) is 9.78 Å². The minimum atomic E-state index is -0.542. The van der Waals surface area contributed by atoms with Crippen LogP contribution < -0.4 is 5.32 Å². The third-order valence-corrected chi connectivity index (χ3v) is 4.01. The Hall–Kier alpha value is -3.15. The van der Waals surface area contributed by atoms with Gasteiger partial charge in [0.1, 0.15) is 5.82 Å². The van der Waals surface area contributed by atoms with Gasteiger partial charge in [-0.1, -0.05) is 30.3 Å². The number of nitrogens with one attached hydrogen (secondary N) is 1. The quantitative estimate of drug-likeness (QED) is 0.725. The van der Waals surface area contributed by atoms with Crippen molar-refractivity contribution in [2.75, 3.05) is 6.61 Å². The van der Waals surface area contributed by atoms with Gasteiger partial charge in [-0.2, -0.15) is 0 Å². The lowest BCUT2D eigenvalue weighted by molar-refractivity contribution is -0.124. The maximum atomic E-state index is 12.1. The molecule has 25 heavy (non-hydrogen) atoms. The van der Waals surface area contributed by atoms with Crippen LogP contribution in [0.4, 0.5) is 0 Å². The number of ether oxygens (including phenoxy) is 1. The predicted octanol–water partition coefficient (Wildman–Crippen LogP) is 2.35. The van der Waals surface area contributed by atoms with Crippen LogP contribution in [0.1, 0.15) is 21.7 Å². The van der Waals surface area contributed by atoms with Crippen molar-refractivity contribution < 1.29 is 14.3 Å². The van der Waals surface area contributed by atoms with Crippen LogP contribution in [0.5, 0.6) is 0 Å². The predicted molar refractivity (Wildman–Crippen MR) is 94.0 cm³/mol. The van der Waals surface area contributed by atoms with E-state index < -0.39 is 5.97 Å². The lowest BCUT2D eigenvalue weighted by atomic mass is 10.2. The Morgan fingerprint density at radius 3 is 2.68 bits per heavy atom. The number of rotatable bonds is 5. The van der Waals surface area contributed by atoms with Crippen molar-refractivity contribution in [3.05, 3.63) is 65.5 Å². The number of aromatic nitrogens is 2. The molecule has 0 radical (unpaired) electrons. The standard InChI is InChI=1S/C19H19N3O3/c1-13-21-16-10-15(8-9-17(16)22(13)2)19(24)25-12-18(23)20-11-14-6-4-3-5-7-14/h3-10H,11-12H2,1-2H3,(H,20,23). The first kappa shape index (κ1) is 16.7. The Morgan fingerprint density at radius 2 is 1.92 bits per heavy atom. The van der Waals surface area contributed by atoms with E-state index in [9.17, 15) is 9.59 Å². The highest BCUT2D eigenvalue weighted by molar-refractivity contribution is 5.94. The van der Waals surface area contributed by atoms with Gasteiger partial charge in [0.05, 0.1) is 16.6 Å². The second-order valence-electron chi connectivity index (χ2n) is 5.76. The van der Waals surface area contributed by atoms with Gasteiger partial charge in [0.2, 0.25) is 0 Å². The molecule has 6 nitrogen and oxygen atoms in total. The summed E-state index contributed by atoms with van der Waals surface area (Å²) in [5, 5.41) is 2.71. The summed E-state index contributed by atoms with van der Waals surface area (Å²) in [5.74, 6) is -0.0205. The zero-order valence-electron chi connectivity index (χ0n) is 14.2. The average Bonchev–Trinajstić information content (AvgIpc) is 2.92. The van der Waals surface area contributed by atoms with Gasteiger partial charge in [-0.3, -0.25) is 4.79 Å². The van der Waals surface area contributed by atoms with E-state index in [-0.39, 0.29) is 12.5 Å². The van der Waals surface area contributed by atoms with E-state index in [0.29, 0.717) is 12.1 Å². The van der Waals surface area contributed by atoms with E-state index in [1.807, 2.05) is 54.9 Å². The molecule has 3 aromatic rings. The number of nitrogens with zero attached hydrogens (tertiary/aromatic N) is 2. The van der Waals surface area contributed by atoms with Crippen molar-refractivity contribution in [2.45, 2.75) is 13.5 Å². The Bertz CT molecular complexity index is 916. The molecular formula is C19H19N3O3. The van der Waals surface area contributed by atoms with Gasteiger partial charge in [-0.05, 0) is 30.7 Å². The lowest BCUT2D eigenvalue weighted by Gasteiger charge is -2.07. The van der Waals surface area contributed by atoms with Crippen molar-refractivity contribution in [1.82, 2.24) is 14.9 Å². The molecule has 1 heterocycles. The number of aryl methyl sites for hydroxylation is 2. The van der Waals surface area contributed by atoms with E-state index in [1.54, 1.807) is 12.1 Å². The summed E-state index contributed by atoms with van der Waals surface area (Å²) < 4.78 is 7.02. The van der Waals surface area contributed by atoms with Crippen molar-refractivity contribution in [1.29, 1.82) is 0 Å². The highest BCUT2D eigenvalue weighted by Crippen LogP contribution is 2.17. The Kier molecular flexibility index (Phi) is 4.79. The lowest BCUT2D eigenvalue weighted by Crippen LogP contribution is -2.28. The van der Waals surface area contributed by atoms with Gasteiger partial charge in [0, 0.05) is 13.6 Å². The fraction of sp³-hybridized carbons (Fsp3) is 0.211. The molecule has 0 fully saturated rings. The van der Waals surface area contributed by atoms with Crippen LogP contribution in [-0.4, -0.2) is 28.0 Å². The number of fused-ring (bicyclic) bond motifs is 1. The number of amides is 1. The van der Waals surface area contributed by atoms with Crippen molar-refractivity contribution in [3.8, 4) is 0 Å². The molecule has 0 aliphatic heterocycles. The Morgan fingerprint density at radius 1 is 1.16 bits per heavy atom. The molecule has 2 aromatic carbocycles. The van der Waals surface area contributed by atoms with E-state index >= 15 is 0 Å². The van der Waals surface area contributed by atoms with E-state index in [1.165, 1.54) is 0 Å². The number of hydrogen-bond acceptors (Lipinski definition) is 4. The average molecular weight is 337 g/mol. The first-order chi connectivity index (χ1) is 12.0. The first-order valence-electron chi connectivity index (χ1n) is 7.95.